The van der Waals surface area contributed by atoms with Crippen LogP contribution in [0, 0.1) is 35.5 Å². The summed E-state index contributed by atoms with van der Waals surface area (Å²) < 4.78 is 25.6. The number of esters is 1. The summed E-state index contributed by atoms with van der Waals surface area (Å²) in [6, 6.07) is 0. The maximum absolute atomic E-state index is 13.6. The summed E-state index contributed by atoms with van der Waals surface area (Å²) in [7, 11) is 1.52. The van der Waals surface area contributed by atoms with Gasteiger partial charge in [-0.05, 0) is 89.4 Å². The van der Waals surface area contributed by atoms with Gasteiger partial charge in [-0.25, -0.2) is 4.79 Å². The van der Waals surface area contributed by atoms with E-state index in [0.717, 1.165) is 19.3 Å². The van der Waals surface area contributed by atoms with Gasteiger partial charge in [0.2, 0.25) is 0 Å². The van der Waals surface area contributed by atoms with Crippen molar-refractivity contribution < 1.29 is 54.4 Å². The number of aliphatic hydroxyl groups excluding tert-OH is 6. The van der Waals surface area contributed by atoms with Crippen LogP contribution in [0.3, 0.4) is 0 Å². The molecule has 318 valence electrons. The van der Waals surface area contributed by atoms with Gasteiger partial charge < -0.3 is 49.6 Å². The number of aliphatic hydroxyl groups is 6. The van der Waals surface area contributed by atoms with Gasteiger partial charge in [0.15, 0.2) is 5.79 Å². The lowest BCUT2D eigenvalue weighted by molar-refractivity contribution is -0.349. The van der Waals surface area contributed by atoms with E-state index in [1.54, 1.807) is 26.8 Å². The molecule has 0 saturated carbocycles. The van der Waals surface area contributed by atoms with Crippen molar-refractivity contribution in [2.75, 3.05) is 13.7 Å². The highest BCUT2D eigenvalue weighted by Gasteiger charge is 2.52. The minimum Gasteiger partial charge on any atom is -0.459 e. The van der Waals surface area contributed by atoms with Crippen molar-refractivity contribution in [2.45, 2.75) is 186 Å². The van der Waals surface area contributed by atoms with Crippen molar-refractivity contribution in [2.24, 2.45) is 35.5 Å². The lowest BCUT2D eigenvalue weighted by Gasteiger charge is -2.52. The van der Waals surface area contributed by atoms with Gasteiger partial charge in [-0.15, -0.1) is 0 Å². The van der Waals surface area contributed by atoms with E-state index in [9.17, 15) is 35.4 Å². The lowest BCUT2D eigenvalue weighted by Crippen LogP contribution is -2.58. The van der Waals surface area contributed by atoms with Crippen molar-refractivity contribution in [3.63, 3.8) is 0 Å². The predicted octanol–water partition coefficient (Wildman–Crippen LogP) is 5.77. The maximum Gasteiger partial charge on any atom is 0.330 e. The lowest BCUT2D eigenvalue weighted by atomic mass is 9.78. The maximum atomic E-state index is 13.6. The molecule has 3 rings (SSSR count). The van der Waals surface area contributed by atoms with E-state index in [1.165, 1.54) is 13.2 Å². The molecule has 2 fully saturated rings. The van der Waals surface area contributed by atoms with Gasteiger partial charge >= 0.3 is 5.97 Å². The third-order valence-electron chi connectivity index (χ3n) is 12.7. The minimum atomic E-state index is -0.981. The first-order valence-corrected chi connectivity index (χ1v) is 21.2. The molecule has 6 N–H and O–H groups in total. The van der Waals surface area contributed by atoms with Gasteiger partial charge in [0.05, 0.1) is 48.8 Å². The third-order valence-corrected chi connectivity index (χ3v) is 12.7. The molecule has 0 unspecified atom stereocenters. The largest absolute Gasteiger partial charge is 0.459 e. The van der Waals surface area contributed by atoms with Crippen LogP contribution in [0.1, 0.15) is 125 Å². The molecule has 2 bridgehead atoms. The number of fused-ring (bicyclic) bond motifs is 2. The highest BCUT2D eigenvalue weighted by molar-refractivity contribution is 5.82. The second kappa shape index (κ2) is 23.7. The Morgan fingerprint density at radius 2 is 1.62 bits per heavy atom. The molecule has 0 aromatic carbocycles. The van der Waals surface area contributed by atoms with Gasteiger partial charge in [0.1, 0.15) is 6.10 Å². The van der Waals surface area contributed by atoms with Crippen LogP contribution >= 0.6 is 0 Å². The van der Waals surface area contributed by atoms with Crippen LogP contribution in [0.4, 0.5) is 0 Å². The van der Waals surface area contributed by atoms with Crippen molar-refractivity contribution in [3.05, 3.63) is 36.5 Å². The van der Waals surface area contributed by atoms with E-state index >= 15 is 0 Å². The second-order valence-electron chi connectivity index (χ2n) is 17.1. The predicted molar refractivity (Wildman–Crippen MR) is 213 cm³/mol. The fraction of sp³-hybridized carbons (Fsp3) is 0.841. The number of allylic oxidation sites excluding steroid dienone is 4. The van der Waals surface area contributed by atoms with Crippen molar-refractivity contribution >= 4 is 5.97 Å². The fourth-order valence-electron chi connectivity index (χ4n) is 8.64. The third kappa shape index (κ3) is 14.9. The Labute approximate surface area is 331 Å². The van der Waals surface area contributed by atoms with Gasteiger partial charge in [0, 0.05) is 56.3 Å². The Morgan fingerprint density at radius 3 is 2.27 bits per heavy atom. The van der Waals surface area contributed by atoms with Crippen molar-refractivity contribution in [1.29, 1.82) is 0 Å². The topological polar surface area (TPSA) is 175 Å². The molecule has 11 nitrogen and oxygen atoms in total. The van der Waals surface area contributed by atoms with E-state index < -0.39 is 72.2 Å². The van der Waals surface area contributed by atoms with Crippen LogP contribution < -0.4 is 0 Å². The van der Waals surface area contributed by atoms with Crippen LogP contribution in [-0.2, 0) is 23.7 Å². The van der Waals surface area contributed by atoms with E-state index in [0.29, 0.717) is 51.4 Å². The Balaban J connectivity index is 1.95. The van der Waals surface area contributed by atoms with Gasteiger partial charge in [-0.1, -0.05) is 65.0 Å². The Kier molecular flexibility index (Phi) is 20.5. The number of ether oxygens (including phenoxy) is 4. The van der Waals surface area contributed by atoms with Gasteiger partial charge in [-0.2, -0.15) is 0 Å². The molecule has 0 aromatic rings. The number of carbonyl (C=O) groups excluding carboxylic acids is 1. The number of carbonyl (C=O) groups is 1. The SMILES string of the molecule is CC[C@H]1/C=C/C=C/CC[C@@H](O)[C@@H](C)[C@@H](O)C[C@@H](OC)C[C@@H](O)[C@H](C)[C@H](O)[C@@H](C)/C=C/C(=O)O[C@H]2C[C@@]3(CC[C@H](C)[C@H](C[C@@H](C)O)O3)O[C@@H](CC1)[C@H]2CCCO. The molecule has 0 radical (unpaired) electrons. The first kappa shape index (κ1) is 47.7. The quantitative estimate of drug-likeness (QED) is 0.173. The molecule has 3 aliphatic rings. The molecular weight excluding hydrogens is 704 g/mol. The van der Waals surface area contributed by atoms with Gasteiger partial charge in [0.25, 0.3) is 0 Å². The minimum absolute atomic E-state index is 0.00710. The molecule has 11 heteroatoms. The molecule has 55 heavy (non-hydrogen) atoms. The molecule has 2 saturated heterocycles. The zero-order chi connectivity index (χ0) is 40.7. The zero-order valence-electron chi connectivity index (χ0n) is 34.7. The van der Waals surface area contributed by atoms with Crippen molar-refractivity contribution in [1.82, 2.24) is 0 Å². The van der Waals surface area contributed by atoms with Crippen LogP contribution in [0.5, 0.6) is 0 Å². The number of hydrogen-bond acceptors (Lipinski definition) is 11. The summed E-state index contributed by atoms with van der Waals surface area (Å²) in [6.45, 7) is 11.4. The number of hydrogen-bond donors (Lipinski definition) is 6. The van der Waals surface area contributed by atoms with Crippen LogP contribution in [-0.4, -0.2) is 111 Å². The van der Waals surface area contributed by atoms with E-state index in [2.05, 4.69) is 19.9 Å². The molecule has 1 spiro atoms. The van der Waals surface area contributed by atoms with Gasteiger partial charge in [-0.3, -0.25) is 0 Å². The van der Waals surface area contributed by atoms with Crippen LogP contribution in [0.2, 0.25) is 0 Å². The molecular formula is C44H76O11. The normalized spacial score (nSPS) is 43.3. The molecule has 0 aromatic heterocycles. The highest BCUT2D eigenvalue weighted by Crippen LogP contribution is 2.47. The molecule has 0 aliphatic carbocycles. The summed E-state index contributed by atoms with van der Waals surface area (Å²) in [5, 5.41) is 64.3. The summed E-state index contributed by atoms with van der Waals surface area (Å²) in [4.78, 5) is 13.6. The number of methoxy groups -OCH3 is 1. The zero-order valence-corrected chi connectivity index (χ0v) is 34.7. The summed E-state index contributed by atoms with van der Waals surface area (Å²) >= 11 is 0. The monoisotopic (exact) mass is 781 g/mol. The molecule has 0 amide bonds. The number of rotatable bonds is 7. The smallest absolute Gasteiger partial charge is 0.330 e. The summed E-state index contributed by atoms with van der Waals surface area (Å²) in [5.74, 6) is -2.65. The molecule has 16 atom stereocenters. The molecule has 3 aliphatic heterocycles. The first-order chi connectivity index (χ1) is 26.1. The van der Waals surface area contributed by atoms with E-state index in [4.69, 9.17) is 18.9 Å². The molecule has 3 heterocycles. The first-order valence-electron chi connectivity index (χ1n) is 21.2. The Morgan fingerprint density at radius 1 is 0.909 bits per heavy atom. The Bertz CT molecular complexity index is 1190. The summed E-state index contributed by atoms with van der Waals surface area (Å²) in [6.07, 6.45) is 13.1. The average Bonchev–Trinajstić information content (AvgIpc) is 3.15. The fourth-order valence-corrected chi connectivity index (χ4v) is 8.64. The Hall–Kier alpha value is -1.67. The van der Waals surface area contributed by atoms with E-state index in [1.807, 2.05) is 25.2 Å². The van der Waals surface area contributed by atoms with Crippen molar-refractivity contribution in [3.8, 4) is 0 Å². The average molecular weight is 781 g/mol. The van der Waals surface area contributed by atoms with Crippen LogP contribution in [0.15, 0.2) is 36.5 Å². The van der Waals surface area contributed by atoms with Crippen LogP contribution in [0.25, 0.3) is 0 Å². The van der Waals surface area contributed by atoms with E-state index in [-0.39, 0.29) is 49.4 Å². The summed E-state index contributed by atoms with van der Waals surface area (Å²) in [5.41, 5.74) is 0. The highest BCUT2D eigenvalue weighted by atomic mass is 16.7. The standard InChI is InChI=1S/C44H76O11/c1-8-33-14-11-9-10-12-16-36(47)31(5)37(48)25-34(52-7)26-38(49)32(6)43(51)29(3)17-20-42(50)53-41-27-44(22-21-28(2)40(55-44)24-30(4)46)54-39(19-18-33)35(41)15-13-23-45/h9-11,14,17,20,28-41,43,45-49,51H,8,12-13,15-16,18-19,21-27H2,1-7H3/b10-9+,14-11+,20-17+/t28-,29-,30+,31+,32-,33-,34+,35+,36+,37-,38+,39-,40-,41-,43+,44-/m0/s1. The second-order valence-corrected chi connectivity index (χ2v) is 17.1.